The van der Waals surface area contributed by atoms with E-state index in [-0.39, 0.29) is 40.7 Å². The molecule has 1 aromatic rings. The van der Waals surface area contributed by atoms with Gasteiger partial charge < -0.3 is 0 Å². The molecule has 3 saturated heterocycles. The van der Waals surface area contributed by atoms with Gasteiger partial charge in [-0.3, -0.25) is 9.63 Å². The minimum Gasteiger partial charge on any atom is -0.290 e. The molecule has 5 aliphatic rings. The van der Waals surface area contributed by atoms with Crippen molar-refractivity contribution in [2.75, 3.05) is 5.75 Å². The number of benzene rings is 1. The number of hydrogen-bond donors (Lipinski definition) is 0. The number of carbonyl (C=O) groups excluding carboxylic acids is 1. The van der Waals surface area contributed by atoms with Gasteiger partial charge in [-0.25, -0.2) is 12.7 Å². The van der Waals surface area contributed by atoms with E-state index in [0.29, 0.717) is 12.3 Å². The lowest BCUT2D eigenvalue weighted by Gasteiger charge is -2.40. The Morgan fingerprint density at radius 3 is 2.61 bits per heavy atom. The van der Waals surface area contributed by atoms with E-state index in [0.717, 1.165) is 44.1 Å². The first-order valence-corrected chi connectivity index (χ1v) is 13.4. The third-order valence-corrected chi connectivity index (χ3v) is 11.4. The van der Waals surface area contributed by atoms with E-state index in [1.807, 2.05) is 23.3 Å². The van der Waals surface area contributed by atoms with E-state index in [2.05, 4.69) is 26.0 Å². The highest BCUT2D eigenvalue weighted by atomic mass is 32.2. The maximum Gasteiger partial charge on any atom is 0.256 e. The number of sulfonamides is 1. The number of amides is 1. The zero-order chi connectivity index (χ0) is 21.6. The predicted molar refractivity (Wildman–Crippen MR) is 116 cm³/mol. The third kappa shape index (κ3) is 2.63. The van der Waals surface area contributed by atoms with Crippen molar-refractivity contribution in [3.05, 3.63) is 35.9 Å². The molecule has 5 fully saturated rings. The molecule has 31 heavy (non-hydrogen) atoms. The van der Waals surface area contributed by atoms with Crippen LogP contribution < -0.4 is 0 Å². The topological polar surface area (TPSA) is 66.9 Å². The Morgan fingerprint density at radius 1 is 1.10 bits per heavy atom. The number of hydrogen-bond acceptors (Lipinski definition) is 5. The quantitative estimate of drug-likeness (QED) is 0.697. The van der Waals surface area contributed by atoms with Crippen LogP contribution in [0.3, 0.4) is 0 Å². The molecule has 1 spiro atoms. The molecule has 6 nitrogen and oxygen atoms in total. The maximum atomic E-state index is 13.9. The standard InChI is InChI=1S/C24H32N2O4S/c1-23(2)17-11-12-24(23)15-31(28,29)26(21(24)13-17)22(27)19-10-6-9-18-14-20(30-25(18)19)16-7-4-3-5-8-16/h3-5,7-8,17-21H,6,9-15H2,1-2H3/t17-,18-,19-,20+,21-,24-/m0/s1. The summed E-state index contributed by atoms with van der Waals surface area (Å²) in [7, 11) is -3.60. The van der Waals surface area contributed by atoms with Gasteiger partial charge in [0.05, 0.1) is 11.8 Å². The van der Waals surface area contributed by atoms with E-state index in [4.69, 9.17) is 4.84 Å². The fourth-order valence-corrected chi connectivity index (χ4v) is 10.3. The summed E-state index contributed by atoms with van der Waals surface area (Å²) in [5, 5.41) is 1.86. The average molecular weight is 445 g/mol. The summed E-state index contributed by atoms with van der Waals surface area (Å²) in [4.78, 5) is 20.2. The third-order valence-electron chi connectivity index (χ3n) is 9.50. The minimum absolute atomic E-state index is 0.0303. The van der Waals surface area contributed by atoms with Gasteiger partial charge in [-0.15, -0.1) is 0 Å². The Morgan fingerprint density at radius 2 is 1.87 bits per heavy atom. The summed E-state index contributed by atoms with van der Waals surface area (Å²) < 4.78 is 28.0. The Bertz CT molecular complexity index is 1010. The SMILES string of the molecule is CC1(C)[C@H]2CC[C@@]13CS(=O)(=O)N(C(=O)[C@@H]1CCC[C@H]4C[C@H](c5ccccc5)ON41)[C@H]3C2. The molecule has 3 heterocycles. The Labute approximate surface area is 184 Å². The summed E-state index contributed by atoms with van der Waals surface area (Å²) >= 11 is 0. The van der Waals surface area contributed by atoms with Crippen LogP contribution in [0, 0.1) is 16.7 Å². The molecule has 2 saturated carbocycles. The smallest absolute Gasteiger partial charge is 0.256 e. The Kier molecular flexibility index (Phi) is 4.26. The van der Waals surface area contributed by atoms with Crippen LogP contribution >= 0.6 is 0 Å². The van der Waals surface area contributed by atoms with E-state index in [9.17, 15) is 13.2 Å². The predicted octanol–water partition coefficient (Wildman–Crippen LogP) is 3.65. The van der Waals surface area contributed by atoms with Gasteiger partial charge in [-0.1, -0.05) is 44.2 Å². The van der Waals surface area contributed by atoms with Crippen molar-refractivity contribution in [1.29, 1.82) is 0 Å². The van der Waals surface area contributed by atoms with Crippen LogP contribution in [0.4, 0.5) is 0 Å². The molecule has 1 amide bonds. The number of nitrogens with zero attached hydrogens (tertiary/aromatic N) is 2. The van der Waals surface area contributed by atoms with Crippen molar-refractivity contribution in [2.24, 2.45) is 16.7 Å². The molecular weight excluding hydrogens is 412 g/mol. The van der Waals surface area contributed by atoms with Crippen LogP contribution in [0.25, 0.3) is 0 Å². The average Bonchev–Trinajstić information content (AvgIpc) is 3.40. The first-order chi connectivity index (χ1) is 14.7. The molecule has 168 valence electrons. The first-order valence-electron chi connectivity index (χ1n) is 11.8. The lowest BCUT2D eigenvalue weighted by Crippen LogP contribution is -2.55. The molecule has 0 N–H and O–H groups in total. The van der Waals surface area contributed by atoms with Gasteiger partial charge >= 0.3 is 0 Å². The van der Waals surface area contributed by atoms with E-state index < -0.39 is 16.1 Å². The zero-order valence-electron chi connectivity index (χ0n) is 18.4. The Hall–Kier alpha value is -1.44. The van der Waals surface area contributed by atoms with Gasteiger partial charge in [0.25, 0.3) is 5.91 Å². The van der Waals surface area contributed by atoms with Gasteiger partial charge in [0.2, 0.25) is 10.0 Å². The van der Waals surface area contributed by atoms with Gasteiger partial charge in [0.15, 0.2) is 0 Å². The number of carbonyl (C=O) groups is 1. The van der Waals surface area contributed by atoms with Gasteiger partial charge in [-0.05, 0) is 61.8 Å². The monoisotopic (exact) mass is 444 g/mol. The van der Waals surface area contributed by atoms with Crippen LogP contribution in [-0.4, -0.2) is 47.6 Å². The molecule has 7 heteroatoms. The lowest BCUT2D eigenvalue weighted by molar-refractivity contribution is -0.207. The van der Waals surface area contributed by atoms with Crippen LogP contribution in [0.5, 0.6) is 0 Å². The summed E-state index contributed by atoms with van der Waals surface area (Å²) in [6, 6.07) is 9.62. The summed E-state index contributed by atoms with van der Waals surface area (Å²) in [5.74, 6) is 0.389. The second kappa shape index (κ2) is 6.55. The van der Waals surface area contributed by atoms with E-state index in [1.165, 1.54) is 4.31 Å². The fourth-order valence-electron chi connectivity index (χ4n) is 7.70. The van der Waals surface area contributed by atoms with Crippen molar-refractivity contribution in [2.45, 2.75) is 83.0 Å². The summed E-state index contributed by atoms with van der Waals surface area (Å²) in [5.41, 5.74) is 0.807. The van der Waals surface area contributed by atoms with Crippen molar-refractivity contribution in [3.8, 4) is 0 Å². The second-order valence-electron chi connectivity index (χ2n) is 11.0. The van der Waals surface area contributed by atoms with Crippen LogP contribution in [0.1, 0.15) is 70.5 Å². The highest BCUT2D eigenvalue weighted by Gasteiger charge is 2.72. The number of piperidine rings is 1. The molecule has 3 aliphatic heterocycles. The maximum absolute atomic E-state index is 13.9. The lowest BCUT2D eigenvalue weighted by atomic mass is 9.69. The molecular formula is C24H32N2O4S. The molecule has 0 aromatic heterocycles. The van der Waals surface area contributed by atoms with Crippen LogP contribution in [-0.2, 0) is 19.7 Å². The number of hydroxylamine groups is 2. The fraction of sp³-hybridized carbons (Fsp3) is 0.708. The Balaban J connectivity index is 1.30. The summed E-state index contributed by atoms with van der Waals surface area (Å²) in [6.07, 6.45) is 6.19. The van der Waals surface area contributed by atoms with Crippen molar-refractivity contribution in [3.63, 3.8) is 0 Å². The molecule has 0 unspecified atom stereocenters. The molecule has 0 radical (unpaired) electrons. The minimum atomic E-state index is -3.60. The van der Waals surface area contributed by atoms with Gasteiger partial charge in [0.1, 0.15) is 12.1 Å². The molecule has 2 bridgehead atoms. The van der Waals surface area contributed by atoms with Gasteiger partial charge in [-0.2, -0.15) is 5.06 Å². The largest absolute Gasteiger partial charge is 0.290 e. The molecule has 6 atom stereocenters. The molecule has 2 aliphatic carbocycles. The number of fused-ring (bicyclic) bond motifs is 2. The first kappa shape index (κ1) is 20.2. The van der Waals surface area contributed by atoms with E-state index in [1.54, 1.807) is 0 Å². The highest BCUT2D eigenvalue weighted by molar-refractivity contribution is 7.90. The second-order valence-corrected chi connectivity index (χ2v) is 12.8. The highest BCUT2D eigenvalue weighted by Crippen LogP contribution is 2.70. The number of rotatable bonds is 2. The molecule has 1 aromatic carbocycles. The van der Waals surface area contributed by atoms with Crippen LogP contribution in [0.15, 0.2) is 30.3 Å². The van der Waals surface area contributed by atoms with Crippen molar-refractivity contribution in [1.82, 2.24) is 9.37 Å². The normalized spacial score (nSPS) is 42.5. The van der Waals surface area contributed by atoms with Crippen molar-refractivity contribution >= 4 is 15.9 Å². The summed E-state index contributed by atoms with van der Waals surface area (Å²) in [6.45, 7) is 4.44. The van der Waals surface area contributed by atoms with E-state index >= 15 is 0 Å². The van der Waals surface area contributed by atoms with Crippen LogP contribution in [0.2, 0.25) is 0 Å². The molecule has 6 rings (SSSR count). The van der Waals surface area contributed by atoms with Gasteiger partial charge in [0, 0.05) is 11.5 Å². The van der Waals surface area contributed by atoms with Crippen molar-refractivity contribution < 1.29 is 18.0 Å². The zero-order valence-corrected chi connectivity index (χ0v) is 19.2.